The molecule has 1 aliphatic heterocycles. The van der Waals surface area contributed by atoms with Crippen molar-refractivity contribution in [1.82, 2.24) is 10.2 Å². The van der Waals surface area contributed by atoms with E-state index in [9.17, 15) is 9.59 Å². The lowest BCUT2D eigenvalue weighted by atomic mass is 9.94. The molecule has 5 nitrogen and oxygen atoms in total. The van der Waals surface area contributed by atoms with E-state index in [-0.39, 0.29) is 17.2 Å². The van der Waals surface area contributed by atoms with E-state index >= 15 is 0 Å². The van der Waals surface area contributed by atoms with E-state index < -0.39 is 0 Å². The van der Waals surface area contributed by atoms with Gasteiger partial charge in [0.15, 0.2) is 0 Å². The third-order valence-corrected chi connectivity index (χ3v) is 4.52. The molecule has 1 aliphatic rings. The summed E-state index contributed by atoms with van der Waals surface area (Å²) in [6, 6.07) is 8.02. The molecular weight excluding hydrogens is 314 g/mol. The van der Waals surface area contributed by atoms with Crippen molar-refractivity contribution in [3.05, 3.63) is 29.8 Å². The number of amides is 2. The predicted molar refractivity (Wildman–Crippen MR) is 101 cm³/mol. The first-order valence-corrected chi connectivity index (χ1v) is 9.11. The highest BCUT2D eigenvalue weighted by molar-refractivity contribution is 5.88. The zero-order valence-electron chi connectivity index (χ0n) is 15.9. The minimum Gasteiger partial charge on any atom is -0.355 e. The Kier molecular flexibility index (Phi) is 6.59. The molecule has 138 valence electrons. The minimum atomic E-state index is -0.329. The molecule has 1 aromatic rings. The summed E-state index contributed by atoms with van der Waals surface area (Å²) in [6.07, 6.45) is 2.34. The standard InChI is InChI=1S/C20H31N3O2/c1-15(24)22-18-9-7-16(8-10-18)13-23-11-5-6-17(14-23)12-21-19(25)20(2,3)4/h7-10,17H,5-6,11-14H2,1-4H3,(H,21,25)(H,22,24)/t17-/m0/s1. The lowest BCUT2D eigenvalue weighted by molar-refractivity contribution is -0.128. The molecule has 1 atom stereocenters. The van der Waals surface area contributed by atoms with Crippen LogP contribution in [0.5, 0.6) is 0 Å². The second kappa shape index (κ2) is 8.48. The highest BCUT2D eigenvalue weighted by Crippen LogP contribution is 2.20. The number of likely N-dealkylation sites (tertiary alicyclic amines) is 1. The third-order valence-electron chi connectivity index (χ3n) is 4.52. The van der Waals surface area contributed by atoms with E-state index in [1.54, 1.807) is 0 Å². The first-order valence-electron chi connectivity index (χ1n) is 9.11. The van der Waals surface area contributed by atoms with Crippen LogP contribution >= 0.6 is 0 Å². The number of rotatable bonds is 5. The highest BCUT2D eigenvalue weighted by Gasteiger charge is 2.24. The van der Waals surface area contributed by atoms with E-state index in [2.05, 4.69) is 27.7 Å². The molecule has 1 fully saturated rings. The molecule has 25 heavy (non-hydrogen) atoms. The van der Waals surface area contributed by atoms with Gasteiger partial charge in [0.05, 0.1) is 0 Å². The molecule has 1 saturated heterocycles. The molecule has 0 bridgehead atoms. The number of anilines is 1. The largest absolute Gasteiger partial charge is 0.355 e. The molecular formula is C20H31N3O2. The van der Waals surface area contributed by atoms with E-state index in [1.165, 1.54) is 25.3 Å². The first-order chi connectivity index (χ1) is 11.7. The summed E-state index contributed by atoms with van der Waals surface area (Å²) in [6.45, 7) is 11.1. The number of benzene rings is 1. The minimum absolute atomic E-state index is 0.0519. The summed E-state index contributed by atoms with van der Waals surface area (Å²) in [7, 11) is 0. The molecule has 5 heteroatoms. The average Bonchev–Trinajstić information content (AvgIpc) is 2.53. The van der Waals surface area contributed by atoms with Crippen molar-refractivity contribution in [2.45, 2.75) is 47.1 Å². The van der Waals surface area contributed by atoms with Crippen molar-refractivity contribution in [2.75, 3.05) is 25.0 Å². The number of nitrogens with one attached hydrogen (secondary N) is 2. The van der Waals surface area contributed by atoms with Gasteiger partial charge < -0.3 is 10.6 Å². The van der Waals surface area contributed by atoms with Crippen LogP contribution in [0.25, 0.3) is 0 Å². The molecule has 0 spiro atoms. The molecule has 2 amide bonds. The van der Waals surface area contributed by atoms with Crippen molar-refractivity contribution < 1.29 is 9.59 Å². The monoisotopic (exact) mass is 345 g/mol. The van der Waals surface area contributed by atoms with Crippen molar-refractivity contribution in [1.29, 1.82) is 0 Å². The Hall–Kier alpha value is -1.88. The number of carbonyl (C=O) groups excluding carboxylic acids is 2. The topological polar surface area (TPSA) is 61.4 Å². The SMILES string of the molecule is CC(=O)Nc1ccc(CN2CCC[C@@H](CNC(=O)C(C)(C)C)C2)cc1. The Bertz CT molecular complexity index is 590. The fourth-order valence-corrected chi connectivity index (χ4v) is 3.12. The zero-order valence-corrected chi connectivity index (χ0v) is 15.9. The Morgan fingerprint density at radius 1 is 1.20 bits per heavy atom. The molecule has 1 aromatic carbocycles. The van der Waals surface area contributed by atoms with Gasteiger partial charge in [-0.3, -0.25) is 14.5 Å². The summed E-state index contributed by atoms with van der Waals surface area (Å²) in [5, 5.41) is 5.89. The summed E-state index contributed by atoms with van der Waals surface area (Å²) in [5.74, 6) is 0.584. The molecule has 2 N–H and O–H groups in total. The van der Waals surface area contributed by atoms with Gasteiger partial charge in [-0.15, -0.1) is 0 Å². The Labute approximate surface area is 151 Å². The Morgan fingerprint density at radius 2 is 1.88 bits per heavy atom. The molecule has 2 rings (SSSR count). The second-order valence-electron chi connectivity index (χ2n) is 8.08. The predicted octanol–water partition coefficient (Wildman–Crippen LogP) is 3.02. The Morgan fingerprint density at radius 3 is 2.48 bits per heavy atom. The molecule has 0 saturated carbocycles. The van der Waals surface area contributed by atoms with E-state index in [4.69, 9.17) is 0 Å². The van der Waals surface area contributed by atoms with Gasteiger partial charge in [0.25, 0.3) is 0 Å². The Balaban J connectivity index is 1.82. The van der Waals surface area contributed by atoms with E-state index in [1.807, 2.05) is 32.9 Å². The molecule has 1 heterocycles. The van der Waals surface area contributed by atoms with Gasteiger partial charge in [-0.05, 0) is 43.0 Å². The normalized spacial score (nSPS) is 18.6. The van der Waals surface area contributed by atoms with Crippen LogP contribution in [0.4, 0.5) is 5.69 Å². The third kappa shape index (κ3) is 6.50. The maximum Gasteiger partial charge on any atom is 0.225 e. The lowest BCUT2D eigenvalue weighted by Gasteiger charge is -2.33. The van der Waals surface area contributed by atoms with E-state index in [0.717, 1.165) is 31.9 Å². The summed E-state index contributed by atoms with van der Waals surface area (Å²) in [4.78, 5) is 25.6. The van der Waals surface area contributed by atoms with Crippen LogP contribution < -0.4 is 10.6 Å². The molecule has 0 aromatic heterocycles. The van der Waals surface area contributed by atoms with Crippen LogP contribution in [0.3, 0.4) is 0 Å². The molecule has 0 radical (unpaired) electrons. The van der Waals surface area contributed by atoms with Crippen molar-refractivity contribution >= 4 is 17.5 Å². The summed E-state index contributed by atoms with van der Waals surface area (Å²) < 4.78 is 0. The fraction of sp³-hybridized carbons (Fsp3) is 0.600. The van der Waals surface area contributed by atoms with Gasteiger partial charge in [-0.1, -0.05) is 32.9 Å². The summed E-state index contributed by atoms with van der Waals surface area (Å²) in [5.41, 5.74) is 1.75. The van der Waals surface area contributed by atoms with Crippen LogP contribution in [0.1, 0.15) is 46.1 Å². The van der Waals surface area contributed by atoms with Gasteiger partial charge in [-0.2, -0.15) is 0 Å². The van der Waals surface area contributed by atoms with Crippen LogP contribution in [-0.4, -0.2) is 36.3 Å². The van der Waals surface area contributed by atoms with E-state index in [0.29, 0.717) is 5.92 Å². The highest BCUT2D eigenvalue weighted by atomic mass is 16.2. The van der Waals surface area contributed by atoms with Gasteiger partial charge in [-0.25, -0.2) is 0 Å². The quantitative estimate of drug-likeness (QED) is 0.862. The number of hydrogen-bond acceptors (Lipinski definition) is 3. The number of nitrogens with zero attached hydrogens (tertiary/aromatic N) is 1. The molecule has 0 unspecified atom stereocenters. The lowest BCUT2D eigenvalue weighted by Crippen LogP contribution is -2.43. The second-order valence-corrected chi connectivity index (χ2v) is 8.08. The maximum atomic E-state index is 12.0. The van der Waals surface area contributed by atoms with Crippen LogP contribution in [0, 0.1) is 11.3 Å². The van der Waals surface area contributed by atoms with Crippen LogP contribution in [0.2, 0.25) is 0 Å². The fourth-order valence-electron chi connectivity index (χ4n) is 3.12. The first kappa shape index (κ1) is 19.4. The van der Waals surface area contributed by atoms with Gasteiger partial charge in [0.2, 0.25) is 11.8 Å². The van der Waals surface area contributed by atoms with Crippen molar-refractivity contribution in [2.24, 2.45) is 11.3 Å². The summed E-state index contributed by atoms with van der Waals surface area (Å²) >= 11 is 0. The van der Waals surface area contributed by atoms with Crippen LogP contribution in [0.15, 0.2) is 24.3 Å². The van der Waals surface area contributed by atoms with Crippen LogP contribution in [-0.2, 0) is 16.1 Å². The number of hydrogen-bond donors (Lipinski definition) is 2. The number of carbonyl (C=O) groups is 2. The number of piperidine rings is 1. The van der Waals surface area contributed by atoms with Crippen molar-refractivity contribution in [3.8, 4) is 0 Å². The maximum absolute atomic E-state index is 12.0. The van der Waals surface area contributed by atoms with Gasteiger partial charge in [0, 0.05) is 37.7 Å². The smallest absolute Gasteiger partial charge is 0.225 e. The van der Waals surface area contributed by atoms with Gasteiger partial charge >= 0.3 is 0 Å². The molecule has 0 aliphatic carbocycles. The zero-order chi connectivity index (χ0) is 18.4. The van der Waals surface area contributed by atoms with Gasteiger partial charge in [0.1, 0.15) is 0 Å². The van der Waals surface area contributed by atoms with Crippen molar-refractivity contribution in [3.63, 3.8) is 0 Å². The average molecular weight is 345 g/mol.